The van der Waals surface area contributed by atoms with Gasteiger partial charge in [0.1, 0.15) is 0 Å². The van der Waals surface area contributed by atoms with E-state index in [9.17, 15) is 0 Å². The van der Waals surface area contributed by atoms with Crippen molar-refractivity contribution < 1.29 is 0 Å². The van der Waals surface area contributed by atoms with Gasteiger partial charge in [-0.05, 0) is 96.5 Å². The van der Waals surface area contributed by atoms with E-state index in [-0.39, 0.29) is 0 Å². The fourth-order valence-corrected chi connectivity index (χ4v) is 7.65. The number of rotatable bonds is 6. The molecule has 2 aromatic heterocycles. The zero-order valence-electron chi connectivity index (χ0n) is 29.4. The Hall–Kier alpha value is -7.23. The lowest BCUT2D eigenvalue weighted by Gasteiger charge is -2.15. The van der Waals surface area contributed by atoms with E-state index >= 15 is 0 Å². The number of nitrogens with zero attached hydrogens (tertiary/aromatic N) is 3. The molecular weight excluding hydrogens is 655 g/mol. The molecule has 0 aliphatic heterocycles. The molecule has 0 unspecified atom stereocenters. The van der Waals surface area contributed by atoms with E-state index in [1.807, 2.05) is 42.7 Å². The number of fused-ring (bicyclic) bond motifs is 6. The largest absolute Gasteiger partial charge is 0.264 e. The van der Waals surface area contributed by atoms with Crippen molar-refractivity contribution in [1.29, 1.82) is 0 Å². The molecule has 3 heteroatoms. The first-order chi connectivity index (χ1) is 26.7. The van der Waals surface area contributed by atoms with Crippen LogP contribution in [0, 0.1) is 0 Å². The molecule has 10 aromatic rings. The molecule has 0 bridgehead atoms. The second-order valence-electron chi connectivity index (χ2n) is 13.7. The Morgan fingerprint density at radius 2 is 0.722 bits per heavy atom. The monoisotopic (exact) mass is 687 g/mol. The number of aromatic nitrogens is 3. The Morgan fingerprint density at radius 3 is 1.35 bits per heavy atom. The summed E-state index contributed by atoms with van der Waals surface area (Å²) in [4.78, 5) is 14.8. The summed E-state index contributed by atoms with van der Waals surface area (Å²) in [6.45, 7) is 0. The van der Waals surface area contributed by atoms with Gasteiger partial charge in [0.25, 0.3) is 0 Å². The highest BCUT2D eigenvalue weighted by molar-refractivity contribution is 6.25. The fourth-order valence-electron chi connectivity index (χ4n) is 7.65. The second-order valence-corrected chi connectivity index (χ2v) is 13.7. The maximum atomic E-state index is 5.23. The molecule has 0 spiro atoms. The van der Waals surface area contributed by atoms with Gasteiger partial charge < -0.3 is 0 Å². The maximum Gasteiger partial charge on any atom is 0.160 e. The number of hydrogen-bond acceptors (Lipinski definition) is 3. The van der Waals surface area contributed by atoms with Gasteiger partial charge in [0.05, 0.1) is 11.4 Å². The van der Waals surface area contributed by atoms with Crippen molar-refractivity contribution in [2.45, 2.75) is 0 Å². The minimum Gasteiger partial charge on any atom is -0.264 e. The molecule has 8 aromatic carbocycles. The van der Waals surface area contributed by atoms with Crippen LogP contribution in [0.4, 0.5) is 0 Å². The maximum absolute atomic E-state index is 5.23. The van der Waals surface area contributed by atoms with Gasteiger partial charge >= 0.3 is 0 Å². The van der Waals surface area contributed by atoms with Gasteiger partial charge in [-0.25, -0.2) is 9.97 Å². The number of pyridine rings is 1. The van der Waals surface area contributed by atoms with Crippen LogP contribution in [0.2, 0.25) is 0 Å². The summed E-state index contributed by atoms with van der Waals surface area (Å²) in [6, 6.07) is 66.7. The number of hydrogen-bond donors (Lipinski definition) is 0. The Labute approximate surface area is 313 Å². The van der Waals surface area contributed by atoms with Gasteiger partial charge in [0, 0.05) is 34.6 Å². The molecule has 2 heterocycles. The van der Waals surface area contributed by atoms with Crippen LogP contribution in [-0.2, 0) is 0 Å². The molecule has 252 valence electrons. The van der Waals surface area contributed by atoms with Crippen molar-refractivity contribution in [3.8, 4) is 67.3 Å². The SMILES string of the molecule is c1ccc(-c2ccc(-c3cc(-c4cc(-c5cccnc5)cc(-c5ccc6c7ccccc7c7ccccc7c6c5)c4)nc(-c4ccccc4)n3)cc2)cc1. The van der Waals surface area contributed by atoms with Crippen LogP contribution in [0.1, 0.15) is 0 Å². The molecule has 3 nitrogen and oxygen atoms in total. The molecule has 0 aliphatic carbocycles. The third-order valence-corrected chi connectivity index (χ3v) is 10.3. The van der Waals surface area contributed by atoms with E-state index in [2.05, 4.69) is 163 Å². The predicted octanol–water partition coefficient (Wildman–Crippen LogP) is 13.3. The van der Waals surface area contributed by atoms with Gasteiger partial charge in [0.15, 0.2) is 5.82 Å². The van der Waals surface area contributed by atoms with Crippen molar-refractivity contribution in [3.63, 3.8) is 0 Å². The van der Waals surface area contributed by atoms with E-state index < -0.39 is 0 Å². The summed E-state index contributed by atoms with van der Waals surface area (Å²) in [7, 11) is 0. The van der Waals surface area contributed by atoms with Crippen LogP contribution in [0.15, 0.2) is 200 Å². The molecule has 0 N–H and O–H groups in total. The third-order valence-electron chi connectivity index (χ3n) is 10.3. The molecule has 0 aliphatic rings. The summed E-state index contributed by atoms with van der Waals surface area (Å²) in [6.07, 6.45) is 3.75. The minimum atomic E-state index is 0.688. The average Bonchev–Trinajstić information content (AvgIpc) is 3.27. The molecule has 0 atom stereocenters. The Balaban J connectivity index is 1.17. The van der Waals surface area contributed by atoms with Crippen LogP contribution in [0.3, 0.4) is 0 Å². The highest BCUT2D eigenvalue weighted by Crippen LogP contribution is 2.39. The van der Waals surface area contributed by atoms with Gasteiger partial charge in [-0.2, -0.15) is 0 Å². The molecule has 0 fully saturated rings. The first kappa shape index (κ1) is 31.5. The highest BCUT2D eigenvalue weighted by Gasteiger charge is 2.15. The summed E-state index contributed by atoms with van der Waals surface area (Å²) >= 11 is 0. The highest BCUT2D eigenvalue weighted by atomic mass is 14.9. The van der Waals surface area contributed by atoms with Gasteiger partial charge in [-0.1, -0.05) is 152 Å². The Bertz CT molecular complexity index is 2920. The van der Waals surface area contributed by atoms with E-state index in [1.54, 1.807) is 0 Å². The summed E-state index contributed by atoms with van der Waals surface area (Å²) in [5.41, 5.74) is 11.5. The topological polar surface area (TPSA) is 38.7 Å². The quantitative estimate of drug-likeness (QED) is 0.163. The fraction of sp³-hybridized carbons (Fsp3) is 0. The zero-order valence-corrected chi connectivity index (χ0v) is 29.4. The second kappa shape index (κ2) is 13.4. The van der Waals surface area contributed by atoms with Crippen molar-refractivity contribution in [1.82, 2.24) is 15.0 Å². The van der Waals surface area contributed by atoms with Crippen LogP contribution in [0.5, 0.6) is 0 Å². The van der Waals surface area contributed by atoms with Crippen LogP contribution >= 0.6 is 0 Å². The van der Waals surface area contributed by atoms with E-state index in [4.69, 9.17) is 9.97 Å². The predicted molar refractivity (Wildman–Crippen MR) is 225 cm³/mol. The Kier molecular flexibility index (Phi) is 7.81. The minimum absolute atomic E-state index is 0.688. The smallest absolute Gasteiger partial charge is 0.160 e. The van der Waals surface area contributed by atoms with Crippen molar-refractivity contribution in [2.75, 3.05) is 0 Å². The number of benzene rings is 8. The molecule has 0 saturated heterocycles. The van der Waals surface area contributed by atoms with Gasteiger partial charge in [-0.3, -0.25) is 4.98 Å². The van der Waals surface area contributed by atoms with Crippen molar-refractivity contribution >= 4 is 32.3 Å². The zero-order chi connectivity index (χ0) is 35.8. The third kappa shape index (κ3) is 5.78. The lowest BCUT2D eigenvalue weighted by Crippen LogP contribution is -1.96. The summed E-state index contributed by atoms with van der Waals surface area (Å²) in [5.74, 6) is 0.688. The van der Waals surface area contributed by atoms with Crippen LogP contribution in [-0.4, -0.2) is 15.0 Å². The van der Waals surface area contributed by atoms with E-state index in [1.165, 1.54) is 43.4 Å². The van der Waals surface area contributed by atoms with E-state index in [0.29, 0.717) is 5.82 Å². The van der Waals surface area contributed by atoms with Gasteiger partial charge in [-0.15, -0.1) is 0 Å². The van der Waals surface area contributed by atoms with Gasteiger partial charge in [0.2, 0.25) is 0 Å². The van der Waals surface area contributed by atoms with E-state index in [0.717, 1.165) is 50.3 Å². The normalized spacial score (nSPS) is 11.3. The first-order valence-corrected chi connectivity index (χ1v) is 18.2. The lowest BCUT2D eigenvalue weighted by molar-refractivity contribution is 1.18. The molecule has 0 radical (unpaired) electrons. The van der Waals surface area contributed by atoms with Crippen molar-refractivity contribution in [2.24, 2.45) is 0 Å². The van der Waals surface area contributed by atoms with Crippen LogP contribution in [0.25, 0.3) is 99.6 Å². The average molecular weight is 688 g/mol. The summed E-state index contributed by atoms with van der Waals surface area (Å²) in [5, 5.41) is 7.55. The molecule has 54 heavy (non-hydrogen) atoms. The molecule has 0 amide bonds. The molecule has 10 rings (SSSR count). The molecule has 0 saturated carbocycles. The summed E-state index contributed by atoms with van der Waals surface area (Å²) < 4.78 is 0. The lowest BCUT2D eigenvalue weighted by atomic mass is 9.90. The van der Waals surface area contributed by atoms with Crippen molar-refractivity contribution in [3.05, 3.63) is 200 Å². The molecular formula is C51H33N3. The Morgan fingerprint density at radius 1 is 0.259 bits per heavy atom. The first-order valence-electron chi connectivity index (χ1n) is 18.2. The standard InChI is InChI=1S/C51H33N3/c1-3-12-34(13-4-1)35-21-23-36(24-22-35)49-32-50(54-51(53-49)37-14-5-2-6-15-37)42-29-40(28-41(30-42)39-16-11-27-52-33-39)38-25-26-47-45-19-8-7-17-43(45)44-18-9-10-20-46(44)48(47)31-38/h1-33H. The van der Waals surface area contributed by atoms with Crippen LogP contribution < -0.4 is 0 Å².